The molecule has 0 bridgehead atoms. The monoisotopic (exact) mass is 248 g/mol. The molecule has 0 radical (unpaired) electrons. The summed E-state index contributed by atoms with van der Waals surface area (Å²) in [5.74, 6) is 0.999. The number of H-pyrrole nitrogens is 1. The fourth-order valence-corrected chi connectivity index (χ4v) is 3.07. The van der Waals surface area contributed by atoms with E-state index in [2.05, 4.69) is 35.1 Å². The minimum atomic E-state index is 0.412. The number of nitrogens with zero attached hydrogens (tertiary/aromatic N) is 1. The van der Waals surface area contributed by atoms with E-state index in [0.29, 0.717) is 6.10 Å². The zero-order valence-electron chi connectivity index (χ0n) is 9.90. The molecule has 3 nitrogen and oxygen atoms in total. The average molecular weight is 248 g/mol. The van der Waals surface area contributed by atoms with E-state index < -0.39 is 0 Å². The van der Waals surface area contributed by atoms with Crippen molar-refractivity contribution in [2.24, 2.45) is 0 Å². The minimum Gasteiger partial charge on any atom is -0.377 e. The van der Waals surface area contributed by atoms with E-state index in [1.807, 2.05) is 0 Å². The molecule has 1 N–H and O–H groups in total. The van der Waals surface area contributed by atoms with Crippen molar-refractivity contribution in [3.05, 3.63) is 23.8 Å². The van der Waals surface area contributed by atoms with E-state index in [1.54, 1.807) is 11.8 Å². The van der Waals surface area contributed by atoms with Crippen LogP contribution in [0.5, 0.6) is 0 Å². The highest BCUT2D eigenvalue weighted by atomic mass is 32.2. The first-order valence-electron chi connectivity index (χ1n) is 6.02. The van der Waals surface area contributed by atoms with Gasteiger partial charge >= 0.3 is 0 Å². The number of hydrogen-bond acceptors (Lipinski definition) is 3. The third-order valence-electron chi connectivity index (χ3n) is 3.05. The Labute approximate surface area is 105 Å². The van der Waals surface area contributed by atoms with E-state index in [4.69, 9.17) is 4.74 Å². The quantitative estimate of drug-likeness (QED) is 0.848. The van der Waals surface area contributed by atoms with Gasteiger partial charge in [-0.2, -0.15) is 0 Å². The molecule has 0 amide bonds. The highest BCUT2D eigenvalue weighted by Gasteiger charge is 2.16. The summed E-state index contributed by atoms with van der Waals surface area (Å²) < 4.78 is 5.61. The van der Waals surface area contributed by atoms with E-state index >= 15 is 0 Å². The van der Waals surface area contributed by atoms with Crippen LogP contribution < -0.4 is 0 Å². The van der Waals surface area contributed by atoms with Crippen molar-refractivity contribution in [2.45, 2.75) is 31.0 Å². The summed E-state index contributed by atoms with van der Waals surface area (Å²) >= 11 is 1.76. The summed E-state index contributed by atoms with van der Waals surface area (Å²) in [4.78, 5) is 7.92. The first-order valence-corrected chi connectivity index (χ1v) is 7.00. The molecule has 1 unspecified atom stereocenters. The molecular weight excluding hydrogens is 232 g/mol. The summed E-state index contributed by atoms with van der Waals surface area (Å²) in [6, 6.07) is 6.30. The number of aromatic amines is 1. The van der Waals surface area contributed by atoms with Crippen LogP contribution in [0.25, 0.3) is 11.0 Å². The van der Waals surface area contributed by atoms with Gasteiger partial charge in [-0.05, 0) is 37.5 Å². The number of rotatable bonds is 3. The van der Waals surface area contributed by atoms with Crippen LogP contribution in [0.4, 0.5) is 0 Å². The Morgan fingerprint density at radius 1 is 1.53 bits per heavy atom. The van der Waals surface area contributed by atoms with Gasteiger partial charge in [0.2, 0.25) is 0 Å². The number of nitrogens with one attached hydrogen (secondary N) is 1. The summed E-state index contributed by atoms with van der Waals surface area (Å²) in [5.41, 5.74) is 3.43. The molecule has 4 heteroatoms. The molecule has 1 aromatic heterocycles. The lowest BCUT2D eigenvalue weighted by Crippen LogP contribution is -2.07. The number of imidazole rings is 1. The van der Waals surface area contributed by atoms with Gasteiger partial charge in [-0.1, -0.05) is 17.8 Å². The fourth-order valence-electron chi connectivity index (χ4n) is 2.12. The zero-order valence-corrected chi connectivity index (χ0v) is 10.7. The smallest absolute Gasteiger partial charge is 0.166 e. The molecule has 1 atom stereocenters. The summed E-state index contributed by atoms with van der Waals surface area (Å²) in [6.45, 7) is 3.02. The lowest BCUT2D eigenvalue weighted by molar-refractivity contribution is 0.129. The molecule has 1 aliphatic rings. The first-order chi connectivity index (χ1) is 8.31. The molecule has 1 aliphatic heterocycles. The Hall–Kier alpha value is -1.00. The van der Waals surface area contributed by atoms with Gasteiger partial charge in [0.05, 0.1) is 17.1 Å². The van der Waals surface area contributed by atoms with Crippen LogP contribution >= 0.6 is 11.8 Å². The van der Waals surface area contributed by atoms with Crippen LogP contribution in [-0.2, 0) is 4.74 Å². The molecular formula is C13H16N2OS. The predicted octanol–water partition coefficient (Wildman–Crippen LogP) is 3.14. The SMILES string of the molecule is Cc1ccc2nc(SCC3CCCO3)[nH]c2c1. The molecule has 0 spiro atoms. The summed E-state index contributed by atoms with van der Waals surface area (Å²) in [6.07, 6.45) is 2.80. The number of benzene rings is 1. The number of hydrogen-bond donors (Lipinski definition) is 1. The van der Waals surface area contributed by atoms with E-state index in [1.165, 1.54) is 18.4 Å². The van der Waals surface area contributed by atoms with Gasteiger partial charge in [0.1, 0.15) is 0 Å². The van der Waals surface area contributed by atoms with Crippen molar-refractivity contribution >= 4 is 22.8 Å². The Kier molecular flexibility index (Phi) is 3.07. The van der Waals surface area contributed by atoms with E-state index in [-0.39, 0.29) is 0 Å². The van der Waals surface area contributed by atoms with Crippen molar-refractivity contribution in [2.75, 3.05) is 12.4 Å². The molecule has 0 saturated carbocycles. The number of ether oxygens (including phenoxy) is 1. The Morgan fingerprint density at radius 3 is 3.29 bits per heavy atom. The second kappa shape index (κ2) is 4.70. The highest BCUT2D eigenvalue weighted by molar-refractivity contribution is 7.99. The molecule has 1 saturated heterocycles. The van der Waals surface area contributed by atoms with Gasteiger partial charge in [-0.15, -0.1) is 0 Å². The third kappa shape index (κ3) is 2.48. The second-order valence-corrected chi connectivity index (χ2v) is 5.52. The third-order valence-corrected chi connectivity index (χ3v) is 4.05. The Bertz CT molecular complexity index is 517. The lowest BCUT2D eigenvalue weighted by atomic mass is 10.2. The largest absolute Gasteiger partial charge is 0.377 e. The number of thioether (sulfide) groups is 1. The molecule has 2 heterocycles. The van der Waals surface area contributed by atoms with Crippen molar-refractivity contribution in [3.8, 4) is 0 Å². The number of aromatic nitrogens is 2. The van der Waals surface area contributed by atoms with Gasteiger partial charge in [0.15, 0.2) is 5.16 Å². The lowest BCUT2D eigenvalue weighted by Gasteiger charge is -2.06. The van der Waals surface area contributed by atoms with Gasteiger partial charge in [0, 0.05) is 12.4 Å². The highest BCUT2D eigenvalue weighted by Crippen LogP contribution is 2.24. The van der Waals surface area contributed by atoms with Crippen molar-refractivity contribution in [3.63, 3.8) is 0 Å². The van der Waals surface area contributed by atoms with Gasteiger partial charge in [-0.3, -0.25) is 0 Å². The number of fused-ring (bicyclic) bond motifs is 1. The van der Waals surface area contributed by atoms with Crippen LogP contribution in [0.3, 0.4) is 0 Å². The Morgan fingerprint density at radius 2 is 2.47 bits per heavy atom. The summed E-state index contributed by atoms with van der Waals surface area (Å²) in [5, 5.41) is 1.00. The average Bonchev–Trinajstić information content (AvgIpc) is 2.94. The fraction of sp³-hybridized carbons (Fsp3) is 0.462. The topological polar surface area (TPSA) is 37.9 Å². The standard InChI is InChI=1S/C13H16N2OS/c1-9-4-5-11-12(7-9)15-13(14-11)17-8-10-3-2-6-16-10/h4-5,7,10H,2-3,6,8H2,1H3,(H,14,15). The molecule has 0 aliphatic carbocycles. The normalized spacial score (nSPS) is 20.2. The molecule has 2 aromatic rings. The van der Waals surface area contributed by atoms with Crippen LogP contribution in [0.15, 0.2) is 23.4 Å². The van der Waals surface area contributed by atoms with E-state index in [0.717, 1.165) is 28.5 Å². The van der Waals surface area contributed by atoms with Gasteiger partial charge in [0.25, 0.3) is 0 Å². The van der Waals surface area contributed by atoms with Crippen molar-refractivity contribution in [1.82, 2.24) is 9.97 Å². The molecule has 17 heavy (non-hydrogen) atoms. The molecule has 3 rings (SSSR count). The number of aryl methyl sites for hydroxylation is 1. The van der Waals surface area contributed by atoms with Crippen LogP contribution in [0.1, 0.15) is 18.4 Å². The van der Waals surface area contributed by atoms with Crippen LogP contribution in [0.2, 0.25) is 0 Å². The molecule has 1 fully saturated rings. The van der Waals surface area contributed by atoms with Crippen LogP contribution in [0, 0.1) is 6.92 Å². The first kappa shape index (κ1) is 11.1. The maximum Gasteiger partial charge on any atom is 0.166 e. The van der Waals surface area contributed by atoms with Crippen LogP contribution in [-0.4, -0.2) is 28.4 Å². The van der Waals surface area contributed by atoms with Crippen molar-refractivity contribution < 1.29 is 4.74 Å². The Balaban J connectivity index is 1.72. The van der Waals surface area contributed by atoms with Gasteiger partial charge in [-0.25, -0.2) is 4.98 Å². The maximum absolute atomic E-state index is 5.61. The van der Waals surface area contributed by atoms with E-state index in [9.17, 15) is 0 Å². The molecule has 90 valence electrons. The predicted molar refractivity (Wildman–Crippen MR) is 70.5 cm³/mol. The van der Waals surface area contributed by atoms with Gasteiger partial charge < -0.3 is 9.72 Å². The zero-order chi connectivity index (χ0) is 11.7. The maximum atomic E-state index is 5.61. The summed E-state index contributed by atoms with van der Waals surface area (Å²) in [7, 11) is 0. The second-order valence-electron chi connectivity index (χ2n) is 4.51. The van der Waals surface area contributed by atoms with Crippen molar-refractivity contribution in [1.29, 1.82) is 0 Å². The molecule has 1 aromatic carbocycles. The minimum absolute atomic E-state index is 0.412.